The number of rotatable bonds is 2. The van der Waals surface area contributed by atoms with Gasteiger partial charge in [0.05, 0.1) is 5.69 Å². The topological polar surface area (TPSA) is 55.1 Å². The first-order chi connectivity index (χ1) is 7.11. The van der Waals surface area contributed by atoms with Gasteiger partial charge in [-0.3, -0.25) is 0 Å². The van der Waals surface area contributed by atoms with Crippen LogP contribution >= 0.6 is 0 Å². The maximum absolute atomic E-state index is 11.2. The molecule has 0 amide bonds. The van der Waals surface area contributed by atoms with Crippen LogP contribution in [0.2, 0.25) is 0 Å². The summed E-state index contributed by atoms with van der Waals surface area (Å²) < 4.78 is 1.68. The molecule has 1 fully saturated rings. The van der Waals surface area contributed by atoms with Crippen molar-refractivity contribution >= 4 is 5.97 Å². The van der Waals surface area contributed by atoms with Gasteiger partial charge in [-0.1, -0.05) is 12.8 Å². The highest BCUT2D eigenvalue weighted by atomic mass is 16.4. The number of hydrogen-bond acceptors (Lipinski definition) is 2. The van der Waals surface area contributed by atoms with Crippen LogP contribution in [0.4, 0.5) is 0 Å². The molecule has 1 N–H and O–H groups in total. The Hall–Kier alpha value is -1.32. The molecule has 4 heteroatoms. The average Bonchev–Trinajstić information content (AvgIpc) is 2.75. The number of aromatic carboxylic acids is 1. The Kier molecular flexibility index (Phi) is 2.50. The fourth-order valence-electron chi connectivity index (χ4n) is 2.37. The molecule has 0 radical (unpaired) electrons. The van der Waals surface area contributed by atoms with E-state index in [4.69, 9.17) is 5.11 Å². The number of aromatic nitrogens is 2. The van der Waals surface area contributed by atoms with Crippen molar-refractivity contribution in [3.05, 3.63) is 17.2 Å². The van der Waals surface area contributed by atoms with Gasteiger partial charge in [0, 0.05) is 13.0 Å². The van der Waals surface area contributed by atoms with Crippen molar-refractivity contribution in [1.82, 2.24) is 9.55 Å². The van der Waals surface area contributed by atoms with E-state index in [1.807, 2.05) is 6.92 Å². The van der Waals surface area contributed by atoms with Crippen LogP contribution in [0.15, 0.2) is 0 Å². The van der Waals surface area contributed by atoms with Crippen molar-refractivity contribution in [3.63, 3.8) is 0 Å². The Bertz CT molecular complexity index is 390. The molecule has 0 spiro atoms. The molecule has 2 rings (SSSR count). The summed E-state index contributed by atoms with van der Waals surface area (Å²) in [6, 6.07) is 0. The molecule has 82 valence electrons. The number of imidazole rings is 1. The van der Waals surface area contributed by atoms with Gasteiger partial charge in [0.1, 0.15) is 5.82 Å². The van der Waals surface area contributed by atoms with Gasteiger partial charge in [-0.25, -0.2) is 9.78 Å². The second-order valence-corrected chi connectivity index (χ2v) is 4.24. The molecule has 1 aromatic heterocycles. The van der Waals surface area contributed by atoms with E-state index in [0.29, 0.717) is 11.6 Å². The number of carboxylic acids is 1. The molecule has 1 heterocycles. The molecular weight excluding hydrogens is 192 g/mol. The van der Waals surface area contributed by atoms with E-state index in [2.05, 4.69) is 4.98 Å². The van der Waals surface area contributed by atoms with Gasteiger partial charge in [0.25, 0.3) is 0 Å². The summed E-state index contributed by atoms with van der Waals surface area (Å²) in [5, 5.41) is 9.16. The summed E-state index contributed by atoms with van der Waals surface area (Å²) in [6.07, 6.45) is 4.55. The summed E-state index contributed by atoms with van der Waals surface area (Å²) in [4.78, 5) is 15.5. The summed E-state index contributed by atoms with van der Waals surface area (Å²) in [6.45, 7) is 1.85. The molecule has 0 aliphatic heterocycles. The van der Waals surface area contributed by atoms with Crippen LogP contribution in [0.3, 0.4) is 0 Å². The Morgan fingerprint density at radius 3 is 2.60 bits per heavy atom. The lowest BCUT2D eigenvalue weighted by Crippen LogP contribution is -2.09. The lowest BCUT2D eigenvalue weighted by Gasteiger charge is -2.07. The van der Waals surface area contributed by atoms with Crippen LogP contribution < -0.4 is 0 Å². The maximum Gasteiger partial charge on any atom is 0.354 e. The molecule has 0 atom stereocenters. The zero-order valence-corrected chi connectivity index (χ0v) is 9.16. The predicted molar refractivity (Wildman–Crippen MR) is 56.1 cm³/mol. The highest BCUT2D eigenvalue weighted by Crippen LogP contribution is 2.35. The van der Waals surface area contributed by atoms with Gasteiger partial charge in [-0.2, -0.15) is 0 Å². The van der Waals surface area contributed by atoms with E-state index in [-0.39, 0.29) is 0 Å². The smallest absolute Gasteiger partial charge is 0.354 e. The number of hydrogen-bond donors (Lipinski definition) is 1. The van der Waals surface area contributed by atoms with Gasteiger partial charge >= 0.3 is 5.97 Å². The molecule has 0 aromatic carbocycles. The minimum atomic E-state index is -0.861. The van der Waals surface area contributed by atoms with Crippen molar-refractivity contribution in [1.29, 1.82) is 0 Å². The number of aryl methyl sites for hydroxylation is 1. The lowest BCUT2D eigenvalue weighted by molar-refractivity contribution is 0.0684. The van der Waals surface area contributed by atoms with E-state index in [9.17, 15) is 4.79 Å². The molecule has 1 aliphatic carbocycles. The van der Waals surface area contributed by atoms with Gasteiger partial charge in [0.2, 0.25) is 0 Å². The number of carboxylic acid groups (broad SMARTS) is 1. The first-order valence-electron chi connectivity index (χ1n) is 5.37. The van der Waals surface area contributed by atoms with E-state index < -0.39 is 5.97 Å². The van der Waals surface area contributed by atoms with Crippen LogP contribution in [0, 0.1) is 6.92 Å². The third-order valence-corrected chi connectivity index (χ3v) is 3.29. The quantitative estimate of drug-likeness (QED) is 0.809. The number of nitrogens with zero attached hydrogens (tertiary/aromatic N) is 2. The van der Waals surface area contributed by atoms with Crippen LogP contribution in [0.1, 0.15) is 53.6 Å². The standard InChI is InChI=1S/C11H16N2O2/c1-7-12-9(8-5-3-4-6-8)10(11(14)15)13(7)2/h8H,3-6H2,1-2H3,(H,14,15). The van der Waals surface area contributed by atoms with E-state index in [1.165, 1.54) is 12.8 Å². The molecule has 1 aromatic rings. The normalized spacial score (nSPS) is 17.2. The SMILES string of the molecule is Cc1nc(C2CCCC2)c(C(=O)O)n1C. The Morgan fingerprint density at radius 1 is 1.47 bits per heavy atom. The van der Waals surface area contributed by atoms with Crippen molar-refractivity contribution in [3.8, 4) is 0 Å². The van der Waals surface area contributed by atoms with Crippen LogP contribution in [0.25, 0.3) is 0 Å². The second-order valence-electron chi connectivity index (χ2n) is 4.24. The Labute approximate surface area is 88.9 Å². The molecule has 0 saturated heterocycles. The van der Waals surface area contributed by atoms with Crippen LogP contribution in [-0.2, 0) is 7.05 Å². The minimum absolute atomic E-state index is 0.357. The monoisotopic (exact) mass is 208 g/mol. The van der Waals surface area contributed by atoms with Gasteiger partial charge in [0.15, 0.2) is 5.69 Å². The van der Waals surface area contributed by atoms with E-state index >= 15 is 0 Å². The first kappa shape index (κ1) is 10.2. The summed E-state index contributed by atoms with van der Waals surface area (Å²) >= 11 is 0. The third kappa shape index (κ3) is 1.64. The fraction of sp³-hybridized carbons (Fsp3) is 0.636. The minimum Gasteiger partial charge on any atom is -0.477 e. The van der Waals surface area contributed by atoms with Crippen molar-refractivity contribution < 1.29 is 9.90 Å². The highest BCUT2D eigenvalue weighted by Gasteiger charge is 2.27. The van der Waals surface area contributed by atoms with Crippen LogP contribution in [-0.4, -0.2) is 20.6 Å². The van der Waals surface area contributed by atoms with E-state index in [1.54, 1.807) is 11.6 Å². The molecule has 0 unspecified atom stereocenters. The van der Waals surface area contributed by atoms with Crippen molar-refractivity contribution in [2.45, 2.75) is 38.5 Å². The zero-order valence-electron chi connectivity index (χ0n) is 9.16. The largest absolute Gasteiger partial charge is 0.477 e. The van der Waals surface area contributed by atoms with E-state index in [0.717, 1.165) is 24.4 Å². The maximum atomic E-state index is 11.2. The van der Waals surface area contributed by atoms with Crippen LogP contribution in [0.5, 0.6) is 0 Å². The summed E-state index contributed by atoms with van der Waals surface area (Å²) in [5.74, 6) is 0.283. The third-order valence-electron chi connectivity index (χ3n) is 3.29. The van der Waals surface area contributed by atoms with Crippen molar-refractivity contribution in [2.24, 2.45) is 7.05 Å². The average molecular weight is 208 g/mol. The molecule has 1 saturated carbocycles. The second kappa shape index (κ2) is 3.68. The molecule has 0 bridgehead atoms. The number of carbonyl (C=O) groups is 1. The zero-order chi connectivity index (χ0) is 11.0. The van der Waals surface area contributed by atoms with Crippen molar-refractivity contribution in [2.75, 3.05) is 0 Å². The first-order valence-corrected chi connectivity index (χ1v) is 5.37. The lowest BCUT2D eigenvalue weighted by atomic mass is 10.0. The molecule has 15 heavy (non-hydrogen) atoms. The highest BCUT2D eigenvalue weighted by molar-refractivity contribution is 5.87. The predicted octanol–water partition coefficient (Wildman–Crippen LogP) is 2.08. The Balaban J connectivity index is 2.45. The van der Waals surface area contributed by atoms with Gasteiger partial charge < -0.3 is 9.67 Å². The van der Waals surface area contributed by atoms with Gasteiger partial charge in [-0.05, 0) is 19.8 Å². The molecule has 1 aliphatic rings. The Morgan fingerprint density at radius 2 is 2.07 bits per heavy atom. The fourth-order valence-corrected chi connectivity index (χ4v) is 2.37. The molecule has 4 nitrogen and oxygen atoms in total. The molecular formula is C11H16N2O2. The summed E-state index contributed by atoms with van der Waals surface area (Å²) in [5.41, 5.74) is 1.17. The summed E-state index contributed by atoms with van der Waals surface area (Å²) in [7, 11) is 1.77. The van der Waals surface area contributed by atoms with Gasteiger partial charge in [-0.15, -0.1) is 0 Å².